The van der Waals surface area contributed by atoms with Gasteiger partial charge in [-0.2, -0.15) is 4.31 Å². The van der Waals surface area contributed by atoms with Gasteiger partial charge in [0.15, 0.2) is 0 Å². The number of pyridine rings is 1. The Hall–Kier alpha value is -2.44. The topological polar surface area (TPSA) is 70.5 Å². The molecular weight excluding hydrogens is 348 g/mol. The maximum absolute atomic E-state index is 13.5. The number of rotatable bonds is 3. The molecule has 0 saturated carbocycles. The molecule has 134 valence electrons. The SMILES string of the molecule is Cc1ccccc1C1CCCN1S(=O)(=O)c1ccc(O)c2ncccc12. The molecular formula is C20H20N2O3S. The molecule has 3 aromatic rings. The van der Waals surface area contributed by atoms with E-state index in [9.17, 15) is 13.5 Å². The van der Waals surface area contributed by atoms with Crippen LogP contribution >= 0.6 is 0 Å². The van der Waals surface area contributed by atoms with Crippen molar-refractivity contribution < 1.29 is 13.5 Å². The molecule has 1 aliphatic rings. The Morgan fingerprint density at radius 2 is 1.92 bits per heavy atom. The monoisotopic (exact) mass is 368 g/mol. The summed E-state index contributed by atoms with van der Waals surface area (Å²) in [7, 11) is -3.71. The minimum atomic E-state index is -3.71. The summed E-state index contributed by atoms with van der Waals surface area (Å²) >= 11 is 0. The standard InChI is InChI=1S/C20H20N2O3S/c1-14-6-2-3-7-15(14)17-9-5-13-22(17)26(24,25)19-11-10-18(23)20-16(19)8-4-12-21-20/h2-4,6-8,10-12,17,23H,5,9,13H2,1H3. The molecule has 2 heterocycles. The maximum atomic E-state index is 13.5. The summed E-state index contributed by atoms with van der Waals surface area (Å²) in [5, 5.41) is 10.5. The summed E-state index contributed by atoms with van der Waals surface area (Å²) in [6, 6.07) is 14.0. The van der Waals surface area contributed by atoms with E-state index < -0.39 is 10.0 Å². The van der Waals surface area contributed by atoms with E-state index in [1.807, 2.05) is 31.2 Å². The summed E-state index contributed by atoms with van der Waals surface area (Å²) in [5.74, 6) is -0.0172. The lowest BCUT2D eigenvalue weighted by atomic mass is 10.0. The number of hydrogen-bond donors (Lipinski definition) is 1. The minimum absolute atomic E-state index is 0.0172. The Morgan fingerprint density at radius 1 is 1.12 bits per heavy atom. The summed E-state index contributed by atoms with van der Waals surface area (Å²) in [6.45, 7) is 2.50. The van der Waals surface area contributed by atoms with Crippen LogP contribution in [0.2, 0.25) is 0 Å². The van der Waals surface area contributed by atoms with Gasteiger partial charge in [-0.05, 0) is 55.2 Å². The van der Waals surface area contributed by atoms with Crippen LogP contribution in [0.15, 0.2) is 59.6 Å². The van der Waals surface area contributed by atoms with Gasteiger partial charge in [-0.3, -0.25) is 4.98 Å². The summed E-state index contributed by atoms with van der Waals surface area (Å²) < 4.78 is 28.5. The fourth-order valence-electron chi connectivity index (χ4n) is 3.78. The second kappa shape index (κ2) is 6.37. The lowest BCUT2D eigenvalue weighted by Crippen LogP contribution is -2.31. The minimum Gasteiger partial charge on any atom is -0.506 e. The van der Waals surface area contributed by atoms with Crippen molar-refractivity contribution in [3.8, 4) is 5.75 Å². The molecule has 1 fully saturated rings. The zero-order chi connectivity index (χ0) is 18.3. The van der Waals surface area contributed by atoms with Gasteiger partial charge in [-0.1, -0.05) is 24.3 Å². The van der Waals surface area contributed by atoms with Crippen molar-refractivity contribution in [1.82, 2.24) is 9.29 Å². The van der Waals surface area contributed by atoms with Gasteiger partial charge in [0.1, 0.15) is 11.3 Å². The Labute approximate surface area is 153 Å². The number of phenols is 1. The van der Waals surface area contributed by atoms with E-state index in [4.69, 9.17) is 0 Å². The summed E-state index contributed by atoms with van der Waals surface area (Å²) in [6.07, 6.45) is 3.18. The van der Waals surface area contributed by atoms with Crippen LogP contribution in [0.25, 0.3) is 10.9 Å². The number of aromatic nitrogens is 1. The highest BCUT2D eigenvalue weighted by atomic mass is 32.2. The van der Waals surface area contributed by atoms with Crippen molar-refractivity contribution >= 4 is 20.9 Å². The van der Waals surface area contributed by atoms with E-state index in [0.717, 1.165) is 24.0 Å². The van der Waals surface area contributed by atoms with Crippen LogP contribution < -0.4 is 0 Å². The Kier molecular flexibility index (Phi) is 4.17. The normalized spacial score (nSPS) is 18.4. The second-order valence-electron chi connectivity index (χ2n) is 6.61. The van der Waals surface area contributed by atoms with Gasteiger partial charge in [0.05, 0.1) is 10.9 Å². The molecule has 0 bridgehead atoms. The molecule has 6 heteroatoms. The number of aromatic hydroxyl groups is 1. The predicted molar refractivity (Wildman–Crippen MR) is 100 cm³/mol. The third-order valence-electron chi connectivity index (χ3n) is 5.05. The lowest BCUT2D eigenvalue weighted by Gasteiger charge is -2.26. The van der Waals surface area contributed by atoms with Crippen LogP contribution in [-0.2, 0) is 10.0 Å². The third kappa shape index (κ3) is 2.66. The van der Waals surface area contributed by atoms with Crippen LogP contribution in [0.5, 0.6) is 5.75 Å². The first-order chi connectivity index (χ1) is 12.5. The van der Waals surface area contributed by atoms with E-state index in [2.05, 4.69) is 4.98 Å². The predicted octanol–water partition coefficient (Wildman–Crippen LogP) is 3.77. The lowest BCUT2D eigenvalue weighted by molar-refractivity contribution is 0.396. The fourth-order valence-corrected chi connectivity index (χ4v) is 5.64. The van der Waals surface area contributed by atoms with Crippen molar-refractivity contribution in [2.45, 2.75) is 30.7 Å². The smallest absolute Gasteiger partial charge is 0.244 e. The second-order valence-corrected chi connectivity index (χ2v) is 8.47. The number of fused-ring (bicyclic) bond motifs is 1. The van der Waals surface area contributed by atoms with Gasteiger partial charge in [0.2, 0.25) is 10.0 Å². The Balaban J connectivity index is 1.85. The molecule has 1 unspecified atom stereocenters. The number of aryl methyl sites for hydroxylation is 1. The van der Waals surface area contributed by atoms with Crippen molar-refractivity contribution in [2.75, 3.05) is 6.54 Å². The number of benzene rings is 2. The van der Waals surface area contributed by atoms with Crippen LogP contribution in [-0.4, -0.2) is 29.4 Å². The zero-order valence-electron chi connectivity index (χ0n) is 14.5. The van der Waals surface area contributed by atoms with Crippen LogP contribution in [0.4, 0.5) is 0 Å². The Bertz CT molecular complexity index is 1080. The first-order valence-electron chi connectivity index (χ1n) is 8.64. The molecule has 1 saturated heterocycles. The van der Waals surface area contributed by atoms with E-state index in [1.54, 1.807) is 22.6 Å². The van der Waals surface area contributed by atoms with Crippen LogP contribution in [0.1, 0.15) is 30.0 Å². The molecule has 1 aliphatic heterocycles. The van der Waals surface area contributed by atoms with Crippen LogP contribution in [0, 0.1) is 6.92 Å². The molecule has 0 radical (unpaired) electrons. The molecule has 1 aromatic heterocycles. The van der Waals surface area contributed by atoms with E-state index in [0.29, 0.717) is 17.4 Å². The average Bonchev–Trinajstić information content (AvgIpc) is 3.13. The Morgan fingerprint density at radius 3 is 2.73 bits per heavy atom. The molecule has 1 N–H and O–H groups in total. The van der Waals surface area contributed by atoms with Crippen molar-refractivity contribution in [2.24, 2.45) is 0 Å². The average molecular weight is 368 g/mol. The maximum Gasteiger partial charge on any atom is 0.244 e. The van der Waals surface area contributed by atoms with Gasteiger partial charge >= 0.3 is 0 Å². The molecule has 0 aliphatic carbocycles. The molecule has 5 nitrogen and oxygen atoms in total. The van der Waals surface area contributed by atoms with Gasteiger partial charge < -0.3 is 5.11 Å². The summed E-state index contributed by atoms with van der Waals surface area (Å²) in [5.41, 5.74) is 2.45. The first kappa shape index (κ1) is 17.0. The van der Waals surface area contributed by atoms with Crippen molar-refractivity contribution in [1.29, 1.82) is 0 Å². The largest absolute Gasteiger partial charge is 0.506 e. The van der Waals surface area contributed by atoms with Crippen molar-refractivity contribution in [3.05, 3.63) is 65.9 Å². The number of sulfonamides is 1. The van der Waals surface area contributed by atoms with Gasteiger partial charge in [0, 0.05) is 18.1 Å². The van der Waals surface area contributed by atoms with Gasteiger partial charge in [0.25, 0.3) is 0 Å². The van der Waals surface area contributed by atoms with E-state index in [1.165, 1.54) is 12.1 Å². The number of hydrogen-bond acceptors (Lipinski definition) is 4. The highest BCUT2D eigenvalue weighted by Crippen LogP contribution is 2.39. The van der Waals surface area contributed by atoms with E-state index in [-0.39, 0.29) is 16.7 Å². The molecule has 26 heavy (non-hydrogen) atoms. The zero-order valence-corrected chi connectivity index (χ0v) is 15.3. The molecule has 4 rings (SSSR count). The highest BCUT2D eigenvalue weighted by molar-refractivity contribution is 7.89. The summed E-state index contributed by atoms with van der Waals surface area (Å²) in [4.78, 5) is 4.33. The number of phenolic OH excluding ortho intramolecular Hbond substituents is 1. The van der Waals surface area contributed by atoms with Gasteiger partial charge in [-0.15, -0.1) is 0 Å². The highest BCUT2D eigenvalue weighted by Gasteiger charge is 2.37. The van der Waals surface area contributed by atoms with Crippen LogP contribution in [0.3, 0.4) is 0 Å². The third-order valence-corrected chi connectivity index (χ3v) is 7.01. The molecule has 0 spiro atoms. The fraction of sp³-hybridized carbons (Fsp3) is 0.250. The van der Waals surface area contributed by atoms with Crippen molar-refractivity contribution in [3.63, 3.8) is 0 Å². The quantitative estimate of drug-likeness (QED) is 0.764. The molecule has 2 aromatic carbocycles. The number of nitrogens with zero attached hydrogens (tertiary/aromatic N) is 2. The van der Waals surface area contributed by atoms with E-state index >= 15 is 0 Å². The van der Waals surface area contributed by atoms with Gasteiger partial charge in [-0.25, -0.2) is 8.42 Å². The first-order valence-corrected chi connectivity index (χ1v) is 10.1. The molecule has 1 atom stereocenters. The molecule has 0 amide bonds.